The van der Waals surface area contributed by atoms with Crippen LogP contribution in [0.25, 0.3) is 0 Å². The van der Waals surface area contributed by atoms with Gasteiger partial charge in [-0.3, -0.25) is 4.79 Å². The third-order valence-corrected chi connectivity index (χ3v) is 10.7. The Morgan fingerprint density at radius 2 is 1.12 bits per heavy atom. The third-order valence-electron chi connectivity index (χ3n) is 10.7. The van der Waals surface area contributed by atoms with Crippen LogP contribution in [0, 0.1) is 6.33 Å². The Morgan fingerprint density at radius 1 is 0.672 bits per heavy atom. The lowest BCUT2D eigenvalue weighted by atomic mass is 10.0. The van der Waals surface area contributed by atoms with E-state index in [0.717, 1.165) is 70.0 Å². The number of aromatic nitrogens is 2. The monoisotopic (exact) mass is 923 g/mol. The number of nitrogens with one attached hydrogen (secondary N) is 2. The van der Waals surface area contributed by atoms with Crippen molar-refractivity contribution in [3.05, 3.63) is 152 Å². The first-order valence-electron chi connectivity index (χ1n) is 25.0. The van der Waals surface area contributed by atoms with E-state index in [1.807, 2.05) is 57.9 Å². The molecule has 1 heterocycles. The number of carboxylic acids is 1. The number of aliphatic hydroxyl groups is 2. The number of unbranched alkanes of at least 4 members (excludes halogenated alkanes) is 10. The minimum atomic E-state index is -0.833. The molecular formula is C57H86N4O6. The lowest BCUT2D eigenvalue weighted by Gasteiger charge is -2.14. The van der Waals surface area contributed by atoms with Crippen molar-refractivity contribution in [3.8, 4) is 11.5 Å². The van der Waals surface area contributed by atoms with Crippen molar-refractivity contribution in [3.63, 3.8) is 0 Å². The van der Waals surface area contributed by atoms with Crippen LogP contribution in [0.4, 0.5) is 0 Å². The molecule has 0 fully saturated rings. The molecule has 67 heavy (non-hydrogen) atoms. The molecule has 10 heteroatoms. The predicted octanol–water partition coefficient (Wildman–Crippen LogP) is 10.6. The number of carbonyl (C=O) groups is 1. The molecule has 0 spiro atoms. The summed E-state index contributed by atoms with van der Waals surface area (Å²) in [6.45, 7) is 12.9. The standard InChI is InChI=1S/C55H82N4O4.C2H4O2/c1-3-5-7-9-11-13-15-17-19-21-23-25-27-31-50-33-29-35-54(43-50)62-47-52(60)45-56-37-39-58-41-42-59(49-58)40-38-57-46-53(61)48-63-55-36-30-34-51(44-55)32-28-26-24-22-20-18-16-14-12-10-8-6-4-2;1-2(3)4/h3-4,7-10,13-16,29-30,33-36,41-44,52-53,56-57,60-61H,1-2,5-6,11-12,17-28,31-32,37-40,45-48H2;1H3,(H,3,4)/b9-7+,10-8+,15-13+,16-14+;. The highest BCUT2D eigenvalue weighted by Crippen LogP contribution is 2.18. The van der Waals surface area contributed by atoms with Gasteiger partial charge < -0.3 is 44.6 Å². The van der Waals surface area contributed by atoms with Gasteiger partial charge in [0.2, 0.25) is 6.33 Å². The summed E-state index contributed by atoms with van der Waals surface area (Å²) in [7, 11) is 0. The largest absolute Gasteiger partial charge is 0.491 e. The number of aryl methyl sites for hydroxylation is 2. The number of allylic oxidation sites excluding steroid dienone is 10. The number of nitrogens with zero attached hydrogens (tertiary/aromatic N) is 2. The Morgan fingerprint density at radius 3 is 1.63 bits per heavy atom. The van der Waals surface area contributed by atoms with Crippen LogP contribution in [0.3, 0.4) is 0 Å². The summed E-state index contributed by atoms with van der Waals surface area (Å²) in [6.07, 6.45) is 48.7. The average Bonchev–Trinajstić information content (AvgIpc) is 3.78. The topological polar surface area (TPSA) is 129 Å². The molecule has 1 aromatic heterocycles. The molecule has 0 saturated heterocycles. The van der Waals surface area contributed by atoms with Crippen molar-refractivity contribution in [1.82, 2.24) is 15.2 Å². The maximum absolute atomic E-state index is 10.5. The van der Waals surface area contributed by atoms with E-state index in [1.165, 1.54) is 88.2 Å². The lowest BCUT2D eigenvalue weighted by molar-refractivity contribution is -0.698. The first kappa shape index (κ1) is 58.1. The predicted molar refractivity (Wildman–Crippen MR) is 277 cm³/mol. The second kappa shape index (κ2) is 41.2. The Balaban J connectivity index is 0.00000369. The molecule has 0 radical (unpaired) electrons. The molecule has 0 bridgehead atoms. The van der Waals surface area contributed by atoms with Gasteiger partial charge in [-0.05, 0) is 125 Å². The van der Waals surface area contributed by atoms with E-state index in [1.54, 1.807) is 0 Å². The zero-order valence-corrected chi connectivity index (χ0v) is 41.0. The van der Waals surface area contributed by atoms with E-state index in [4.69, 9.17) is 19.4 Å². The molecule has 10 nitrogen and oxygen atoms in total. The molecule has 3 rings (SSSR count). The maximum Gasteiger partial charge on any atom is 0.300 e. The third kappa shape index (κ3) is 34.9. The SMILES string of the molecule is C=CC/C=C/C/C=C/CCCCCCCc1cccc(OCC(O)CNCCn2[c-][n+](CCNCC(O)COc3cccc(CCCCCCC/C=C/C/C=C/CC=C)c3)cc2)c1.CC(=O)O. The number of imidazole rings is 1. The van der Waals surface area contributed by atoms with Crippen molar-refractivity contribution >= 4 is 5.97 Å². The zero-order chi connectivity index (χ0) is 48.3. The number of aliphatic hydroxyl groups excluding tert-OH is 2. The molecule has 2 atom stereocenters. The Bertz CT molecular complexity index is 1690. The smallest absolute Gasteiger partial charge is 0.300 e. The molecule has 0 aliphatic carbocycles. The minimum absolute atomic E-state index is 0.252. The number of rotatable bonds is 40. The quantitative estimate of drug-likeness (QED) is 0.0165. The normalized spacial score (nSPS) is 12.5. The fraction of sp³-hybridized carbons (Fsp3) is 0.509. The minimum Gasteiger partial charge on any atom is -0.491 e. The number of hydrogen-bond donors (Lipinski definition) is 5. The molecule has 2 unspecified atom stereocenters. The first-order chi connectivity index (χ1) is 32.8. The lowest BCUT2D eigenvalue weighted by Crippen LogP contribution is -2.40. The van der Waals surface area contributed by atoms with Gasteiger partial charge in [-0.25, -0.2) is 0 Å². The molecule has 0 saturated carbocycles. The molecule has 0 aliphatic heterocycles. The molecule has 370 valence electrons. The van der Waals surface area contributed by atoms with Gasteiger partial charge in [0.1, 0.15) is 36.9 Å². The van der Waals surface area contributed by atoms with E-state index >= 15 is 0 Å². The average molecular weight is 923 g/mol. The summed E-state index contributed by atoms with van der Waals surface area (Å²) in [6, 6.07) is 16.6. The summed E-state index contributed by atoms with van der Waals surface area (Å²) >= 11 is 0. The molecular weight excluding hydrogens is 837 g/mol. The Labute approximate surface area is 404 Å². The van der Waals surface area contributed by atoms with Gasteiger partial charge >= 0.3 is 0 Å². The summed E-state index contributed by atoms with van der Waals surface area (Å²) in [4.78, 5) is 9.00. The van der Waals surface area contributed by atoms with Gasteiger partial charge in [0.25, 0.3) is 5.97 Å². The van der Waals surface area contributed by atoms with Gasteiger partial charge in [0.05, 0.1) is 13.1 Å². The highest BCUT2D eigenvalue weighted by atomic mass is 16.5. The van der Waals surface area contributed by atoms with Gasteiger partial charge in [-0.1, -0.05) is 124 Å². The number of benzene rings is 2. The molecule has 0 amide bonds. The van der Waals surface area contributed by atoms with Gasteiger partial charge in [0.15, 0.2) is 0 Å². The van der Waals surface area contributed by atoms with Crippen molar-refractivity contribution in [1.29, 1.82) is 0 Å². The summed E-state index contributed by atoms with van der Waals surface area (Å²) < 4.78 is 15.9. The van der Waals surface area contributed by atoms with E-state index in [-0.39, 0.29) is 13.2 Å². The maximum atomic E-state index is 10.5. The van der Waals surface area contributed by atoms with Crippen LogP contribution in [0.5, 0.6) is 11.5 Å². The Kier molecular flexibility index (Phi) is 35.8. The fourth-order valence-electron chi connectivity index (χ4n) is 7.07. The van der Waals surface area contributed by atoms with Crippen LogP contribution in [0.15, 0.2) is 135 Å². The van der Waals surface area contributed by atoms with Crippen LogP contribution in [0.2, 0.25) is 0 Å². The van der Waals surface area contributed by atoms with Gasteiger partial charge in [-0.15, -0.1) is 13.2 Å². The van der Waals surface area contributed by atoms with Crippen molar-refractivity contribution < 1.29 is 34.2 Å². The van der Waals surface area contributed by atoms with E-state index in [2.05, 4.69) is 103 Å². The van der Waals surface area contributed by atoms with Crippen molar-refractivity contribution in [2.24, 2.45) is 0 Å². The highest BCUT2D eigenvalue weighted by molar-refractivity contribution is 5.63. The van der Waals surface area contributed by atoms with Crippen molar-refractivity contribution in [2.75, 3.05) is 39.4 Å². The number of hydrogen-bond acceptors (Lipinski definition) is 7. The van der Waals surface area contributed by atoms with E-state index < -0.39 is 18.2 Å². The van der Waals surface area contributed by atoms with Crippen LogP contribution in [-0.2, 0) is 30.7 Å². The number of aliphatic carboxylic acids is 1. The van der Waals surface area contributed by atoms with Gasteiger partial charge in [0, 0.05) is 33.1 Å². The summed E-state index contributed by atoms with van der Waals surface area (Å²) in [5, 5.41) is 35.1. The first-order valence-corrected chi connectivity index (χ1v) is 25.0. The second-order valence-electron chi connectivity index (χ2n) is 17.0. The summed E-state index contributed by atoms with van der Waals surface area (Å²) in [5.74, 6) is 0.794. The Hall–Kier alpha value is -5.00. The molecule has 5 N–H and O–H groups in total. The van der Waals surface area contributed by atoms with Crippen LogP contribution < -0.4 is 24.7 Å². The second-order valence-corrected chi connectivity index (χ2v) is 17.0. The highest BCUT2D eigenvalue weighted by Gasteiger charge is 2.08. The number of ether oxygens (including phenoxy) is 2. The van der Waals surface area contributed by atoms with Crippen LogP contribution >= 0.6 is 0 Å². The van der Waals surface area contributed by atoms with E-state index in [9.17, 15) is 10.2 Å². The van der Waals surface area contributed by atoms with Gasteiger partial charge in [-0.2, -0.15) is 0 Å². The van der Waals surface area contributed by atoms with E-state index in [0.29, 0.717) is 26.2 Å². The van der Waals surface area contributed by atoms with Crippen LogP contribution in [0.1, 0.15) is 121 Å². The fourth-order valence-corrected chi connectivity index (χ4v) is 7.07. The summed E-state index contributed by atoms with van der Waals surface area (Å²) in [5.41, 5.74) is 2.57. The van der Waals surface area contributed by atoms with Crippen molar-refractivity contribution in [2.45, 2.75) is 148 Å². The number of carboxylic acid groups (broad SMARTS) is 1. The van der Waals surface area contributed by atoms with Crippen LogP contribution in [-0.4, -0.2) is 77.5 Å². The zero-order valence-electron chi connectivity index (χ0n) is 41.0. The molecule has 0 aliphatic rings. The molecule has 2 aromatic carbocycles. The molecule has 3 aromatic rings.